The molecule has 2 aromatic rings. The molecule has 148 valence electrons. The lowest BCUT2D eigenvalue weighted by atomic mass is 9.38. The number of ether oxygens (including phenoxy) is 1. The van der Waals surface area contributed by atoms with Crippen molar-refractivity contribution in [1.82, 2.24) is 14.6 Å². The van der Waals surface area contributed by atoms with Crippen molar-refractivity contribution in [2.24, 2.45) is 23.2 Å². The van der Waals surface area contributed by atoms with Gasteiger partial charge in [-0.1, -0.05) is 0 Å². The van der Waals surface area contributed by atoms with Crippen molar-refractivity contribution >= 4 is 28.9 Å². The van der Waals surface area contributed by atoms with Crippen molar-refractivity contribution < 1.29 is 9.53 Å². The normalized spacial score (nSPS) is 35.6. The highest BCUT2D eigenvalue weighted by molar-refractivity contribution is 6.28. The van der Waals surface area contributed by atoms with Crippen molar-refractivity contribution in [2.45, 2.75) is 57.4 Å². The molecule has 1 spiro atoms. The van der Waals surface area contributed by atoms with E-state index in [0.717, 1.165) is 17.8 Å². The van der Waals surface area contributed by atoms with Gasteiger partial charge in [0.15, 0.2) is 5.82 Å². The second-order valence-electron chi connectivity index (χ2n) is 9.19. The van der Waals surface area contributed by atoms with Crippen LogP contribution in [0, 0.1) is 23.2 Å². The fourth-order valence-electron chi connectivity index (χ4n) is 6.42. The molecule has 6 nitrogen and oxygen atoms in total. The van der Waals surface area contributed by atoms with Crippen LogP contribution < -0.4 is 5.32 Å². The number of carbonyl (C=O) groups is 1. The van der Waals surface area contributed by atoms with Crippen LogP contribution in [0.25, 0.3) is 5.52 Å². The first-order chi connectivity index (χ1) is 13.6. The van der Waals surface area contributed by atoms with Crippen LogP contribution in [0.2, 0.25) is 5.28 Å². The van der Waals surface area contributed by atoms with Crippen LogP contribution >= 0.6 is 11.6 Å². The summed E-state index contributed by atoms with van der Waals surface area (Å²) in [5, 5.41) is 8.37. The SMILES string of the molecule is CCOC(=O)[C@@H]1[C@@H](Nc2nc(Cl)nn3c(C4CC4)ccc23)C23CC[C@H]1C(C2)C3. The van der Waals surface area contributed by atoms with Crippen LogP contribution in [-0.2, 0) is 9.53 Å². The lowest BCUT2D eigenvalue weighted by molar-refractivity contribution is -0.186. The van der Waals surface area contributed by atoms with Gasteiger partial charge < -0.3 is 10.1 Å². The zero-order valence-corrected chi connectivity index (χ0v) is 16.8. The molecule has 0 unspecified atom stereocenters. The zero-order chi connectivity index (χ0) is 19.0. The van der Waals surface area contributed by atoms with Gasteiger partial charge in [0.1, 0.15) is 5.52 Å². The maximum absolute atomic E-state index is 12.9. The van der Waals surface area contributed by atoms with Gasteiger partial charge in [-0.25, -0.2) is 4.52 Å². The minimum absolute atomic E-state index is 0.0521. The highest BCUT2D eigenvalue weighted by atomic mass is 35.5. The van der Waals surface area contributed by atoms with E-state index in [2.05, 4.69) is 27.5 Å². The maximum atomic E-state index is 12.9. The molecular formula is C21H25ClN4O2. The smallest absolute Gasteiger partial charge is 0.311 e. The summed E-state index contributed by atoms with van der Waals surface area (Å²) < 4.78 is 7.42. The number of nitrogens with one attached hydrogen (secondary N) is 1. The molecule has 2 aromatic heterocycles. The molecule has 7 saturated carbocycles. The van der Waals surface area contributed by atoms with Gasteiger partial charge in [-0.05, 0) is 86.4 Å². The summed E-state index contributed by atoms with van der Waals surface area (Å²) in [4.78, 5) is 17.4. The van der Waals surface area contributed by atoms with Crippen LogP contribution in [0.5, 0.6) is 0 Å². The Morgan fingerprint density at radius 1 is 1.36 bits per heavy atom. The van der Waals surface area contributed by atoms with Crippen molar-refractivity contribution in [1.29, 1.82) is 0 Å². The summed E-state index contributed by atoms with van der Waals surface area (Å²) in [5.41, 5.74) is 2.34. The molecule has 28 heavy (non-hydrogen) atoms. The van der Waals surface area contributed by atoms with E-state index in [1.54, 1.807) is 0 Å². The predicted octanol–water partition coefficient (Wildman–Crippen LogP) is 4.04. The largest absolute Gasteiger partial charge is 0.466 e. The summed E-state index contributed by atoms with van der Waals surface area (Å²) >= 11 is 6.29. The number of halogens is 1. The number of carbonyl (C=O) groups excluding carboxylic acids is 1. The highest BCUT2D eigenvalue weighted by Crippen LogP contribution is 2.68. The Morgan fingerprint density at radius 2 is 2.18 bits per heavy atom. The highest BCUT2D eigenvalue weighted by Gasteiger charge is 2.66. The van der Waals surface area contributed by atoms with Gasteiger partial charge in [-0.2, -0.15) is 4.98 Å². The van der Waals surface area contributed by atoms with Crippen LogP contribution in [0.1, 0.15) is 57.1 Å². The molecule has 0 aliphatic heterocycles. The van der Waals surface area contributed by atoms with E-state index in [0.29, 0.717) is 24.4 Å². The zero-order valence-electron chi connectivity index (χ0n) is 16.0. The average Bonchev–Trinajstić information content (AvgIpc) is 3.41. The van der Waals surface area contributed by atoms with E-state index < -0.39 is 0 Å². The van der Waals surface area contributed by atoms with Crippen molar-refractivity contribution in [2.75, 3.05) is 11.9 Å². The number of rotatable bonds is 5. The standard InChI is InChI=1S/C21H25ClN4O2/c1-2-28-19(27)16-13-7-8-21(9-12(13)10-21)17(16)23-18-15-6-5-14(11-3-4-11)26(15)25-20(22)24-18/h5-6,11-13,16-17H,2-4,7-10H2,1H3,(H,23,24,25)/t12?,13-,16-,17+,21?/m0/s1. The van der Waals surface area contributed by atoms with Gasteiger partial charge in [0.2, 0.25) is 5.28 Å². The average molecular weight is 401 g/mol. The topological polar surface area (TPSA) is 68.5 Å². The first-order valence-corrected chi connectivity index (χ1v) is 11.0. The van der Waals surface area contributed by atoms with Crippen LogP contribution in [-0.4, -0.2) is 33.2 Å². The molecule has 3 bridgehead atoms. The fraction of sp³-hybridized carbons (Fsp3) is 0.667. The Morgan fingerprint density at radius 3 is 2.86 bits per heavy atom. The van der Waals surface area contributed by atoms with Crippen molar-refractivity contribution in [3.8, 4) is 0 Å². The third-order valence-corrected chi connectivity index (χ3v) is 7.92. The number of aromatic nitrogens is 3. The number of nitrogens with zero attached hydrogens (tertiary/aromatic N) is 3. The van der Waals surface area contributed by atoms with E-state index in [1.165, 1.54) is 37.8 Å². The van der Waals surface area contributed by atoms with Gasteiger partial charge in [0.25, 0.3) is 0 Å². The van der Waals surface area contributed by atoms with Gasteiger partial charge in [-0.15, -0.1) is 5.10 Å². The van der Waals surface area contributed by atoms with Crippen LogP contribution in [0.3, 0.4) is 0 Å². The fourth-order valence-corrected chi connectivity index (χ4v) is 6.58. The van der Waals surface area contributed by atoms with E-state index in [1.807, 2.05) is 11.4 Å². The molecule has 7 aliphatic rings. The Hall–Kier alpha value is -1.82. The van der Waals surface area contributed by atoms with E-state index in [9.17, 15) is 4.79 Å². The number of fused-ring (bicyclic) bond motifs is 1. The minimum Gasteiger partial charge on any atom is -0.466 e. The van der Waals surface area contributed by atoms with Gasteiger partial charge in [-0.3, -0.25) is 4.79 Å². The molecule has 1 N–H and O–H groups in total. The van der Waals surface area contributed by atoms with Gasteiger partial charge in [0, 0.05) is 17.7 Å². The first-order valence-electron chi connectivity index (χ1n) is 10.6. The molecule has 7 heteroatoms. The number of hydrogen-bond donors (Lipinski definition) is 1. The molecule has 7 aliphatic carbocycles. The summed E-state index contributed by atoms with van der Waals surface area (Å²) in [5.74, 6) is 2.29. The van der Waals surface area contributed by atoms with Crippen LogP contribution in [0.4, 0.5) is 5.82 Å². The second-order valence-corrected chi connectivity index (χ2v) is 9.53. The predicted molar refractivity (Wildman–Crippen MR) is 105 cm³/mol. The third kappa shape index (κ3) is 2.30. The Kier molecular flexibility index (Phi) is 3.57. The lowest BCUT2D eigenvalue weighted by Crippen LogP contribution is -2.68. The summed E-state index contributed by atoms with van der Waals surface area (Å²) in [6.45, 7) is 2.31. The third-order valence-electron chi connectivity index (χ3n) is 7.76. The molecule has 2 heterocycles. The quantitative estimate of drug-likeness (QED) is 0.767. The number of hydrogen-bond acceptors (Lipinski definition) is 5. The summed E-state index contributed by atoms with van der Waals surface area (Å²) in [6.07, 6.45) is 7.17. The van der Waals surface area contributed by atoms with Gasteiger partial charge in [0.05, 0.1) is 12.5 Å². The molecule has 7 fully saturated rings. The second kappa shape index (κ2) is 5.85. The van der Waals surface area contributed by atoms with Crippen molar-refractivity contribution in [3.63, 3.8) is 0 Å². The van der Waals surface area contributed by atoms with E-state index in [4.69, 9.17) is 16.3 Å². The molecular weight excluding hydrogens is 376 g/mol. The first kappa shape index (κ1) is 17.1. The molecule has 9 rings (SSSR count). The number of esters is 1. The van der Waals surface area contributed by atoms with Gasteiger partial charge >= 0.3 is 5.97 Å². The Bertz CT molecular complexity index is 957. The van der Waals surface area contributed by atoms with Crippen molar-refractivity contribution in [3.05, 3.63) is 23.1 Å². The Balaban J connectivity index is 1.40. The Labute approximate surface area is 169 Å². The van der Waals surface area contributed by atoms with E-state index >= 15 is 0 Å². The molecule has 0 amide bonds. The van der Waals surface area contributed by atoms with E-state index in [-0.39, 0.29) is 28.6 Å². The summed E-state index contributed by atoms with van der Waals surface area (Å²) in [7, 11) is 0. The monoisotopic (exact) mass is 400 g/mol. The lowest BCUT2D eigenvalue weighted by Gasteiger charge is -2.68. The minimum atomic E-state index is -0.0899. The molecule has 3 atom stereocenters. The molecule has 0 radical (unpaired) electrons. The molecule has 0 saturated heterocycles. The maximum Gasteiger partial charge on any atom is 0.311 e. The summed E-state index contributed by atoms with van der Waals surface area (Å²) in [6, 6.07) is 4.27. The van der Waals surface area contributed by atoms with Crippen LogP contribution in [0.15, 0.2) is 12.1 Å². The number of anilines is 1. The molecule has 0 aromatic carbocycles.